The number of carbonyl (C=O) groups excluding carboxylic acids is 1. The predicted octanol–water partition coefficient (Wildman–Crippen LogP) is 3.01. The van der Waals surface area contributed by atoms with Crippen LogP contribution in [0.3, 0.4) is 0 Å². The van der Waals surface area contributed by atoms with E-state index in [0.29, 0.717) is 22.0 Å². The average Bonchev–Trinajstić information content (AvgIpc) is 3.53. The molecule has 1 saturated carbocycles. The van der Waals surface area contributed by atoms with E-state index in [0.717, 1.165) is 25.0 Å². The lowest BCUT2D eigenvalue weighted by Crippen LogP contribution is -2.30. The summed E-state index contributed by atoms with van der Waals surface area (Å²) in [7, 11) is 0. The zero-order valence-electron chi connectivity index (χ0n) is 17.8. The van der Waals surface area contributed by atoms with Crippen LogP contribution in [0.25, 0.3) is 33.1 Å². The molecule has 4 aromatic rings. The van der Waals surface area contributed by atoms with Gasteiger partial charge in [0, 0.05) is 23.1 Å². The normalized spacial score (nSPS) is 13.5. The van der Waals surface area contributed by atoms with Crippen molar-refractivity contribution in [3.63, 3.8) is 0 Å². The molecule has 4 N–H and O–H groups in total. The van der Waals surface area contributed by atoms with Crippen molar-refractivity contribution < 1.29 is 27.9 Å². The Morgan fingerprint density at radius 2 is 1.97 bits per heavy atom. The molecule has 0 atom stereocenters. The van der Waals surface area contributed by atoms with Gasteiger partial charge in [-0.15, -0.1) is 0 Å². The lowest BCUT2D eigenvalue weighted by atomic mass is 9.96. The molecule has 0 aliphatic heterocycles. The van der Waals surface area contributed by atoms with Gasteiger partial charge in [0.25, 0.3) is 5.56 Å². The van der Waals surface area contributed by atoms with Gasteiger partial charge in [-0.05, 0) is 43.0 Å². The number of aromatic nitrogens is 2. The van der Waals surface area contributed by atoms with Gasteiger partial charge >= 0.3 is 11.9 Å². The second-order valence-corrected chi connectivity index (χ2v) is 8.17. The molecule has 1 fully saturated rings. The summed E-state index contributed by atoms with van der Waals surface area (Å²) in [5.41, 5.74) is 6.40. The molecule has 1 aliphatic carbocycles. The van der Waals surface area contributed by atoms with E-state index < -0.39 is 29.1 Å². The fraction of sp³-hybridized carbons (Fsp3) is 0.217. The summed E-state index contributed by atoms with van der Waals surface area (Å²) in [6.07, 6.45) is 1.54. The van der Waals surface area contributed by atoms with Crippen LogP contribution in [0.1, 0.15) is 30.3 Å². The lowest BCUT2D eigenvalue weighted by Gasteiger charge is -2.16. The smallest absolute Gasteiger partial charge is 0.394 e. The zero-order valence-corrected chi connectivity index (χ0v) is 17.8. The SMILES string of the molecule is Cc1c(-c2cc(F)c(N)cc2F)ccc2c3oc(CNC(=O)C(=O)O)nc3c(=O)n(C3CC3)c12. The zero-order chi connectivity index (χ0) is 24.3. The average molecular weight is 468 g/mol. The van der Waals surface area contributed by atoms with Crippen LogP contribution in [0, 0.1) is 18.6 Å². The van der Waals surface area contributed by atoms with Crippen LogP contribution >= 0.6 is 0 Å². The summed E-state index contributed by atoms with van der Waals surface area (Å²) in [5.74, 6) is -4.38. The molecule has 2 heterocycles. The van der Waals surface area contributed by atoms with E-state index in [4.69, 9.17) is 15.3 Å². The van der Waals surface area contributed by atoms with Crippen molar-refractivity contribution in [2.75, 3.05) is 5.73 Å². The van der Waals surface area contributed by atoms with Crippen molar-refractivity contribution in [3.05, 3.63) is 57.7 Å². The number of carbonyl (C=O) groups is 2. The Bertz CT molecular complexity index is 1590. The first kappa shape index (κ1) is 21.6. The molecule has 5 rings (SSSR count). The van der Waals surface area contributed by atoms with E-state index in [9.17, 15) is 23.2 Å². The summed E-state index contributed by atoms with van der Waals surface area (Å²) < 4.78 is 36.1. The number of anilines is 1. The maximum Gasteiger partial charge on any atom is 0.394 e. The molecule has 0 saturated heterocycles. The maximum absolute atomic E-state index is 14.7. The summed E-state index contributed by atoms with van der Waals surface area (Å²) in [4.78, 5) is 39.6. The fourth-order valence-corrected chi connectivity index (χ4v) is 4.15. The number of oxazole rings is 1. The third-order valence-corrected chi connectivity index (χ3v) is 5.89. The van der Waals surface area contributed by atoms with Gasteiger partial charge in [0.2, 0.25) is 5.89 Å². The highest BCUT2D eigenvalue weighted by atomic mass is 19.1. The van der Waals surface area contributed by atoms with E-state index in [2.05, 4.69) is 10.3 Å². The summed E-state index contributed by atoms with van der Waals surface area (Å²) in [6, 6.07) is 5.10. The van der Waals surface area contributed by atoms with E-state index in [-0.39, 0.29) is 40.8 Å². The summed E-state index contributed by atoms with van der Waals surface area (Å²) >= 11 is 0. The van der Waals surface area contributed by atoms with Crippen LogP contribution in [0.2, 0.25) is 0 Å². The Hall–Kier alpha value is -4.28. The molecule has 11 heteroatoms. The highest BCUT2D eigenvalue weighted by molar-refractivity contribution is 6.31. The Morgan fingerprint density at radius 1 is 1.24 bits per heavy atom. The molecule has 9 nitrogen and oxygen atoms in total. The van der Waals surface area contributed by atoms with Gasteiger partial charge in [-0.2, -0.15) is 0 Å². The number of nitrogens with zero attached hydrogens (tertiary/aromatic N) is 2. The van der Waals surface area contributed by atoms with Gasteiger partial charge in [-0.1, -0.05) is 6.07 Å². The highest BCUT2D eigenvalue weighted by Gasteiger charge is 2.30. The first-order valence-electron chi connectivity index (χ1n) is 10.4. The van der Waals surface area contributed by atoms with Crippen LogP contribution in [0.15, 0.2) is 33.5 Å². The second kappa shape index (κ2) is 7.65. The number of nitrogens with one attached hydrogen (secondary N) is 1. The number of rotatable bonds is 4. The summed E-state index contributed by atoms with van der Waals surface area (Å²) in [6.45, 7) is 1.39. The molecule has 34 heavy (non-hydrogen) atoms. The number of aliphatic carboxylic acids is 1. The Kier molecular flexibility index (Phi) is 4.85. The van der Waals surface area contributed by atoms with Gasteiger partial charge in [0.15, 0.2) is 11.1 Å². The molecule has 0 bridgehead atoms. The van der Waals surface area contributed by atoms with Crippen LogP contribution in [0.4, 0.5) is 14.5 Å². The van der Waals surface area contributed by atoms with Crippen molar-refractivity contribution in [1.29, 1.82) is 0 Å². The first-order chi connectivity index (χ1) is 16.2. The number of nitrogen functional groups attached to an aromatic ring is 1. The van der Waals surface area contributed by atoms with Crippen LogP contribution in [0.5, 0.6) is 0 Å². The quantitative estimate of drug-likeness (QED) is 0.309. The minimum absolute atomic E-state index is 0.00985. The molecule has 174 valence electrons. The minimum atomic E-state index is -1.66. The molecule has 0 spiro atoms. The number of halogens is 2. The van der Waals surface area contributed by atoms with E-state index in [1.54, 1.807) is 23.6 Å². The van der Waals surface area contributed by atoms with Gasteiger partial charge in [0.1, 0.15) is 11.6 Å². The number of aryl methyl sites for hydroxylation is 1. The summed E-state index contributed by atoms with van der Waals surface area (Å²) in [5, 5.41) is 11.4. The molecule has 0 unspecified atom stereocenters. The van der Waals surface area contributed by atoms with Crippen molar-refractivity contribution in [3.8, 4) is 11.1 Å². The molecular formula is C23H18F2N4O5. The number of hydrogen-bond donors (Lipinski definition) is 3. The molecule has 0 radical (unpaired) electrons. The highest BCUT2D eigenvalue weighted by Crippen LogP contribution is 2.41. The Balaban J connectivity index is 1.74. The monoisotopic (exact) mass is 468 g/mol. The topological polar surface area (TPSA) is 140 Å². The number of pyridine rings is 1. The molecule has 2 aromatic carbocycles. The van der Waals surface area contributed by atoms with E-state index in [1.807, 2.05) is 0 Å². The number of nitrogens with two attached hydrogens (primary N) is 1. The predicted molar refractivity (Wildman–Crippen MR) is 118 cm³/mol. The largest absolute Gasteiger partial charge is 0.474 e. The molecule has 2 aromatic heterocycles. The van der Waals surface area contributed by atoms with Crippen molar-refractivity contribution in [2.45, 2.75) is 32.4 Å². The molecular weight excluding hydrogens is 450 g/mol. The van der Waals surface area contributed by atoms with Crippen molar-refractivity contribution >= 4 is 39.6 Å². The fourth-order valence-electron chi connectivity index (χ4n) is 4.15. The number of benzene rings is 2. The third kappa shape index (κ3) is 3.36. The van der Waals surface area contributed by atoms with Crippen molar-refractivity contribution in [2.24, 2.45) is 0 Å². The van der Waals surface area contributed by atoms with Crippen molar-refractivity contribution in [1.82, 2.24) is 14.9 Å². The van der Waals surface area contributed by atoms with Crippen LogP contribution in [-0.2, 0) is 16.1 Å². The van der Waals surface area contributed by atoms with E-state index >= 15 is 0 Å². The van der Waals surface area contributed by atoms with Gasteiger partial charge in [0.05, 0.1) is 17.7 Å². The molecule has 1 amide bonds. The minimum Gasteiger partial charge on any atom is -0.474 e. The van der Waals surface area contributed by atoms with Crippen LogP contribution in [-0.4, -0.2) is 26.5 Å². The van der Waals surface area contributed by atoms with Gasteiger partial charge < -0.3 is 25.1 Å². The first-order valence-corrected chi connectivity index (χ1v) is 10.4. The number of hydrogen-bond acceptors (Lipinski definition) is 6. The van der Waals surface area contributed by atoms with Gasteiger partial charge in [-0.25, -0.2) is 18.6 Å². The Morgan fingerprint density at radius 3 is 2.65 bits per heavy atom. The Labute approximate surface area is 189 Å². The lowest BCUT2D eigenvalue weighted by molar-refractivity contribution is -0.150. The number of amides is 1. The van der Waals surface area contributed by atoms with E-state index in [1.165, 1.54) is 0 Å². The molecule has 1 aliphatic rings. The third-order valence-electron chi connectivity index (χ3n) is 5.89. The van der Waals surface area contributed by atoms with Gasteiger partial charge in [-0.3, -0.25) is 9.59 Å². The number of carboxylic acid groups (broad SMARTS) is 1. The standard InChI is InChI=1S/C23H18F2N4O5/c1-9-11(13-6-15(25)16(26)7-14(13)24)4-5-12-19(9)29(10-2-3-10)22(31)18-20(12)34-17(28-18)8-27-21(30)23(32)33/h4-7,10H,2-3,8,26H2,1H3,(H,27,30)(H,32,33). The van der Waals surface area contributed by atoms with Crippen LogP contribution < -0.4 is 16.6 Å². The maximum atomic E-state index is 14.7. The number of fused-ring (bicyclic) bond motifs is 3. The second-order valence-electron chi connectivity index (χ2n) is 8.17. The number of carboxylic acids is 1.